The lowest BCUT2D eigenvalue weighted by molar-refractivity contribution is -0.146. The molecule has 1 aromatic rings. The van der Waals surface area contributed by atoms with E-state index < -0.39 is 5.97 Å². The molecule has 0 amide bonds. The van der Waals surface area contributed by atoms with Gasteiger partial charge in [-0.05, 0) is 49.4 Å². The zero-order valence-electron chi connectivity index (χ0n) is 12.2. The van der Waals surface area contributed by atoms with Crippen LogP contribution in [-0.4, -0.2) is 42.2 Å². The summed E-state index contributed by atoms with van der Waals surface area (Å²) >= 11 is 0. The second-order valence-corrected chi connectivity index (χ2v) is 5.54. The Kier molecular flexibility index (Phi) is 5.01. The Morgan fingerprint density at radius 3 is 2.70 bits per heavy atom. The Balaban J connectivity index is 1.95. The number of benzene rings is 1. The first-order valence-electron chi connectivity index (χ1n) is 7.21. The van der Waals surface area contributed by atoms with E-state index in [1.165, 1.54) is 5.56 Å². The second-order valence-electron chi connectivity index (χ2n) is 5.54. The molecule has 4 nitrogen and oxygen atoms in total. The highest BCUT2D eigenvalue weighted by atomic mass is 16.5. The SMILES string of the molecule is COc1ccc(CCN2CCCC(C)C2C(=O)O)cc1. The van der Waals surface area contributed by atoms with E-state index in [0.29, 0.717) is 0 Å². The van der Waals surface area contributed by atoms with Crippen LogP contribution in [0.5, 0.6) is 5.75 Å². The summed E-state index contributed by atoms with van der Waals surface area (Å²) < 4.78 is 5.14. The van der Waals surface area contributed by atoms with Crippen LogP contribution in [0.25, 0.3) is 0 Å². The Bertz CT molecular complexity index is 444. The van der Waals surface area contributed by atoms with Gasteiger partial charge in [0.25, 0.3) is 0 Å². The fourth-order valence-electron chi connectivity index (χ4n) is 2.99. The van der Waals surface area contributed by atoms with E-state index >= 15 is 0 Å². The molecule has 1 saturated heterocycles. The molecule has 4 heteroatoms. The molecule has 1 N–H and O–H groups in total. The van der Waals surface area contributed by atoms with Crippen molar-refractivity contribution in [3.8, 4) is 5.75 Å². The smallest absolute Gasteiger partial charge is 0.321 e. The summed E-state index contributed by atoms with van der Waals surface area (Å²) in [6, 6.07) is 7.65. The van der Waals surface area contributed by atoms with Crippen LogP contribution in [0.1, 0.15) is 25.3 Å². The molecule has 1 aliphatic rings. The monoisotopic (exact) mass is 277 g/mol. The molecule has 1 fully saturated rings. The van der Waals surface area contributed by atoms with Crippen molar-refractivity contribution in [1.82, 2.24) is 4.90 Å². The highest BCUT2D eigenvalue weighted by Gasteiger charge is 2.33. The van der Waals surface area contributed by atoms with Crippen LogP contribution in [0.3, 0.4) is 0 Å². The molecular weight excluding hydrogens is 254 g/mol. The van der Waals surface area contributed by atoms with E-state index in [2.05, 4.69) is 4.90 Å². The van der Waals surface area contributed by atoms with Gasteiger partial charge in [0.05, 0.1) is 7.11 Å². The second kappa shape index (κ2) is 6.75. The average molecular weight is 277 g/mol. The molecule has 2 rings (SSSR count). The molecule has 1 heterocycles. The lowest BCUT2D eigenvalue weighted by Gasteiger charge is -2.37. The normalized spacial score (nSPS) is 23.5. The number of hydrogen-bond donors (Lipinski definition) is 1. The van der Waals surface area contributed by atoms with Crippen LogP contribution < -0.4 is 4.74 Å². The lowest BCUT2D eigenvalue weighted by atomic mass is 9.90. The molecule has 2 unspecified atom stereocenters. The van der Waals surface area contributed by atoms with Gasteiger partial charge in [0.1, 0.15) is 11.8 Å². The van der Waals surface area contributed by atoms with Gasteiger partial charge < -0.3 is 9.84 Å². The number of ether oxygens (including phenoxy) is 1. The van der Waals surface area contributed by atoms with E-state index in [1.807, 2.05) is 31.2 Å². The third-order valence-corrected chi connectivity index (χ3v) is 4.14. The molecule has 0 saturated carbocycles. The van der Waals surface area contributed by atoms with E-state index in [1.54, 1.807) is 7.11 Å². The van der Waals surface area contributed by atoms with Crippen LogP contribution in [-0.2, 0) is 11.2 Å². The standard InChI is InChI=1S/C16H23NO3/c1-12-4-3-10-17(15(12)16(18)19)11-9-13-5-7-14(20-2)8-6-13/h5-8,12,15H,3-4,9-11H2,1-2H3,(H,18,19). The molecule has 0 bridgehead atoms. The van der Waals surface area contributed by atoms with Crippen molar-refractivity contribution in [1.29, 1.82) is 0 Å². The van der Waals surface area contributed by atoms with Gasteiger partial charge in [-0.2, -0.15) is 0 Å². The van der Waals surface area contributed by atoms with E-state index in [4.69, 9.17) is 4.74 Å². The first-order chi connectivity index (χ1) is 9.61. The predicted octanol–water partition coefficient (Wildman–Crippen LogP) is 2.42. The third kappa shape index (κ3) is 3.51. The van der Waals surface area contributed by atoms with Crippen molar-refractivity contribution in [2.75, 3.05) is 20.2 Å². The summed E-state index contributed by atoms with van der Waals surface area (Å²) in [4.78, 5) is 13.5. The summed E-state index contributed by atoms with van der Waals surface area (Å²) in [7, 11) is 1.65. The maximum Gasteiger partial charge on any atom is 0.321 e. The van der Waals surface area contributed by atoms with Gasteiger partial charge >= 0.3 is 5.97 Å². The minimum Gasteiger partial charge on any atom is -0.497 e. The van der Waals surface area contributed by atoms with Crippen LogP contribution in [0, 0.1) is 5.92 Å². The number of rotatable bonds is 5. The number of aliphatic carboxylic acids is 1. The quantitative estimate of drug-likeness (QED) is 0.898. The predicted molar refractivity (Wildman–Crippen MR) is 78.1 cm³/mol. The number of nitrogens with zero attached hydrogens (tertiary/aromatic N) is 1. The van der Waals surface area contributed by atoms with E-state index in [0.717, 1.165) is 38.1 Å². The van der Waals surface area contributed by atoms with Crippen molar-refractivity contribution < 1.29 is 14.6 Å². The molecule has 110 valence electrons. The third-order valence-electron chi connectivity index (χ3n) is 4.14. The Labute approximate surface area is 120 Å². The van der Waals surface area contributed by atoms with Gasteiger partial charge in [0.2, 0.25) is 0 Å². The van der Waals surface area contributed by atoms with Crippen molar-refractivity contribution in [3.05, 3.63) is 29.8 Å². The summed E-state index contributed by atoms with van der Waals surface area (Å²) in [5.41, 5.74) is 1.22. The molecule has 0 aromatic heterocycles. The Hall–Kier alpha value is -1.55. The lowest BCUT2D eigenvalue weighted by Crippen LogP contribution is -2.49. The largest absolute Gasteiger partial charge is 0.497 e. The van der Waals surface area contributed by atoms with E-state index in [9.17, 15) is 9.90 Å². The minimum absolute atomic E-state index is 0.233. The fourth-order valence-corrected chi connectivity index (χ4v) is 2.99. The Morgan fingerprint density at radius 2 is 2.10 bits per heavy atom. The first-order valence-corrected chi connectivity index (χ1v) is 7.21. The topological polar surface area (TPSA) is 49.8 Å². The van der Waals surface area contributed by atoms with Gasteiger partial charge in [-0.15, -0.1) is 0 Å². The first kappa shape index (κ1) is 14.9. The zero-order chi connectivity index (χ0) is 14.5. The molecule has 0 aliphatic carbocycles. The van der Waals surface area contributed by atoms with Crippen LogP contribution in [0.15, 0.2) is 24.3 Å². The molecule has 1 aliphatic heterocycles. The van der Waals surface area contributed by atoms with Crippen molar-refractivity contribution in [3.63, 3.8) is 0 Å². The zero-order valence-corrected chi connectivity index (χ0v) is 12.2. The van der Waals surface area contributed by atoms with Gasteiger partial charge in [-0.25, -0.2) is 0 Å². The number of carbonyl (C=O) groups is 1. The molecular formula is C16H23NO3. The maximum absolute atomic E-state index is 11.4. The Morgan fingerprint density at radius 1 is 1.40 bits per heavy atom. The van der Waals surface area contributed by atoms with Crippen molar-refractivity contribution in [2.24, 2.45) is 5.92 Å². The van der Waals surface area contributed by atoms with E-state index in [-0.39, 0.29) is 12.0 Å². The van der Waals surface area contributed by atoms with Gasteiger partial charge in [0.15, 0.2) is 0 Å². The van der Waals surface area contributed by atoms with Gasteiger partial charge in [-0.1, -0.05) is 19.1 Å². The maximum atomic E-state index is 11.4. The fraction of sp³-hybridized carbons (Fsp3) is 0.562. The summed E-state index contributed by atoms with van der Waals surface area (Å²) in [6.45, 7) is 3.73. The number of hydrogen-bond acceptors (Lipinski definition) is 3. The number of carboxylic acids is 1. The van der Waals surface area contributed by atoms with Gasteiger partial charge in [-0.3, -0.25) is 9.69 Å². The number of likely N-dealkylation sites (tertiary alicyclic amines) is 1. The van der Waals surface area contributed by atoms with Crippen LogP contribution in [0.2, 0.25) is 0 Å². The van der Waals surface area contributed by atoms with Crippen LogP contribution in [0.4, 0.5) is 0 Å². The number of piperidine rings is 1. The summed E-state index contributed by atoms with van der Waals surface area (Å²) in [5, 5.41) is 9.39. The highest BCUT2D eigenvalue weighted by molar-refractivity contribution is 5.74. The minimum atomic E-state index is -0.688. The van der Waals surface area contributed by atoms with Crippen LogP contribution >= 0.6 is 0 Å². The van der Waals surface area contributed by atoms with Crippen molar-refractivity contribution >= 4 is 5.97 Å². The average Bonchev–Trinajstić information content (AvgIpc) is 2.45. The van der Waals surface area contributed by atoms with Gasteiger partial charge in [0, 0.05) is 6.54 Å². The molecule has 0 radical (unpaired) electrons. The molecule has 2 atom stereocenters. The summed E-state index contributed by atoms with van der Waals surface area (Å²) in [5.74, 6) is 0.396. The molecule has 20 heavy (non-hydrogen) atoms. The summed E-state index contributed by atoms with van der Waals surface area (Å²) in [6.07, 6.45) is 2.98. The molecule has 1 aromatic carbocycles. The highest BCUT2D eigenvalue weighted by Crippen LogP contribution is 2.24. The number of methoxy groups -OCH3 is 1. The van der Waals surface area contributed by atoms with Crippen molar-refractivity contribution in [2.45, 2.75) is 32.2 Å². The number of carboxylic acid groups (broad SMARTS) is 1. The molecule has 0 spiro atoms.